The van der Waals surface area contributed by atoms with Gasteiger partial charge in [0.25, 0.3) is 0 Å². The maximum atomic E-state index is 14.1. The normalized spacial score (nSPS) is 21.0. The van der Waals surface area contributed by atoms with E-state index in [1.807, 2.05) is 0 Å². The summed E-state index contributed by atoms with van der Waals surface area (Å²) in [5.74, 6) is 2.35. The van der Waals surface area contributed by atoms with Crippen molar-refractivity contribution in [1.29, 1.82) is 5.26 Å². The van der Waals surface area contributed by atoms with Crippen LogP contribution in [-0.4, -0.2) is 32.8 Å². The van der Waals surface area contributed by atoms with Gasteiger partial charge in [0, 0.05) is 37.5 Å². The summed E-state index contributed by atoms with van der Waals surface area (Å²) < 4.78 is 16.5. The van der Waals surface area contributed by atoms with Crippen LogP contribution in [0.3, 0.4) is 0 Å². The Kier molecular flexibility index (Phi) is 4.98. The Bertz CT molecular complexity index is 822. The van der Waals surface area contributed by atoms with Crippen LogP contribution < -0.4 is 0 Å². The van der Waals surface area contributed by atoms with Crippen molar-refractivity contribution in [3.63, 3.8) is 0 Å². The number of aromatic nitrogens is 3. The maximum absolute atomic E-state index is 14.1. The molecular formula is C20H24FN5. The minimum absolute atomic E-state index is 0.234. The van der Waals surface area contributed by atoms with Gasteiger partial charge in [0.15, 0.2) is 0 Å². The number of benzene rings is 1. The summed E-state index contributed by atoms with van der Waals surface area (Å²) in [7, 11) is 0. The fourth-order valence-corrected chi connectivity index (χ4v) is 4.23. The number of halogens is 1. The van der Waals surface area contributed by atoms with Crippen LogP contribution in [0.1, 0.15) is 60.8 Å². The molecule has 2 aliphatic rings. The molecule has 0 saturated carbocycles. The molecule has 0 amide bonds. The molecule has 2 aromatic rings. The highest BCUT2D eigenvalue weighted by atomic mass is 19.1. The quantitative estimate of drug-likeness (QED) is 0.849. The van der Waals surface area contributed by atoms with Gasteiger partial charge in [0.05, 0.1) is 11.6 Å². The average Bonchev–Trinajstić information content (AvgIpc) is 2.92. The first-order valence-corrected chi connectivity index (χ1v) is 9.57. The van der Waals surface area contributed by atoms with Gasteiger partial charge in [-0.15, -0.1) is 10.2 Å². The maximum Gasteiger partial charge on any atom is 0.137 e. The van der Waals surface area contributed by atoms with Gasteiger partial charge < -0.3 is 4.57 Å². The number of piperidine rings is 1. The summed E-state index contributed by atoms with van der Waals surface area (Å²) >= 11 is 0. The molecule has 0 N–H and O–H groups in total. The first kappa shape index (κ1) is 17.2. The molecular weight excluding hydrogens is 329 g/mol. The number of nitriles is 1. The molecule has 1 unspecified atom stereocenters. The lowest BCUT2D eigenvalue weighted by Crippen LogP contribution is -2.35. The van der Waals surface area contributed by atoms with E-state index in [-0.39, 0.29) is 5.82 Å². The van der Waals surface area contributed by atoms with Crippen LogP contribution in [0.5, 0.6) is 0 Å². The molecule has 1 aromatic heterocycles. The second-order valence-electron chi connectivity index (χ2n) is 7.43. The molecule has 136 valence electrons. The summed E-state index contributed by atoms with van der Waals surface area (Å²) in [6, 6.07) is 6.69. The second kappa shape index (κ2) is 7.55. The molecule has 1 atom stereocenters. The summed E-state index contributed by atoms with van der Waals surface area (Å²) in [4.78, 5) is 2.28. The van der Waals surface area contributed by atoms with E-state index in [9.17, 15) is 4.39 Å². The van der Waals surface area contributed by atoms with E-state index in [0.717, 1.165) is 50.5 Å². The zero-order chi connectivity index (χ0) is 17.9. The van der Waals surface area contributed by atoms with E-state index in [1.165, 1.54) is 31.4 Å². The van der Waals surface area contributed by atoms with Gasteiger partial charge in [0.2, 0.25) is 0 Å². The minimum atomic E-state index is -0.234. The third-order valence-corrected chi connectivity index (χ3v) is 5.58. The zero-order valence-corrected chi connectivity index (χ0v) is 15.0. The van der Waals surface area contributed by atoms with E-state index in [2.05, 4.69) is 25.7 Å². The third kappa shape index (κ3) is 3.49. The monoisotopic (exact) mass is 353 g/mol. The lowest BCUT2D eigenvalue weighted by atomic mass is 9.96. The number of fused-ring (bicyclic) bond motifs is 1. The number of hydrogen-bond acceptors (Lipinski definition) is 4. The standard InChI is InChI=1S/C20H24FN5/c21-18-8-7-15(12-22)11-17(18)14-25-9-4-5-16(13-25)20-24-23-19-6-2-1-3-10-26(19)20/h7-8,11,16H,1-6,9-10,13-14H2. The Morgan fingerprint density at radius 3 is 2.96 bits per heavy atom. The van der Waals surface area contributed by atoms with Crippen LogP contribution in [0, 0.1) is 17.1 Å². The molecule has 5 nitrogen and oxygen atoms in total. The number of likely N-dealkylation sites (tertiary alicyclic amines) is 1. The predicted molar refractivity (Wildman–Crippen MR) is 95.9 cm³/mol. The van der Waals surface area contributed by atoms with Gasteiger partial charge in [-0.3, -0.25) is 4.90 Å². The molecule has 0 radical (unpaired) electrons. The highest BCUT2D eigenvalue weighted by Gasteiger charge is 2.27. The van der Waals surface area contributed by atoms with Crippen LogP contribution in [0.15, 0.2) is 18.2 Å². The third-order valence-electron chi connectivity index (χ3n) is 5.58. The Balaban J connectivity index is 1.50. The van der Waals surface area contributed by atoms with Crippen molar-refractivity contribution in [2.45, 2.75) is 57.5 Å². The first-order chi connectivity index (χ1) is 12.7. The topological polar surface area (TPSA) is 57.7 Å². The van der Waals surface area contributed by atoms with E-state index < -0.39 is 0 Å². The summed E-state index contributed by atoms with van der Waals surface area (Å²) in [5, 5.41) is 18.0. The molecule has 3 heterocycles. The average molecular weight is 353 g/mol. The molecule has 0 aliphatic carbocycles. The Morgan fingerprint density at radius 2 is 2.08 bits per heavy atom. The molecule has 1 fully saturated rings. The highest BCUT2D eigenvalue weighted by Crippen LogP contribution is 2.29. The van der Waals surface area contributed by atoms with Crippen molar-refractivity contribution in [2.24, 2.45) is 0 Å². The molecule has 2 aliphatic heterocycles. The predicted octanol–water partition coefficient (Wildman–Crippen LogP) is 3.39. The SMILES string of the molecule is N#Cc1ccc(F)c(CN2CCCC(c3nnc4n3CCCCC4)C2)c1. The number of rotatable bonds is 3. The first-order valence-electron chi connectivity index (χ1n) is 9.57. The molecule has 4 rings (SSSR count). The summed E-state index contributed by atoms with van der Waals surface area (Å²) in [6.45, 7) is 3.38. The fourth-order valence-electron chi connectivity index (χ4n) is 4.23. The molecule has 0 bridgehead atoms. The van der Waals surface area contributed by atoms with E-state index in [0.29, 0.717) is 23.6 Å². The van der Waals surface area contributed by atoms with E-state index in [4.69, 9.17) is 5.26 Å². The highest BCUT2D eigenvalue weighted by molar-refractivity contribution is 5.33. The number of aryl methyl sites for hydroxylation is 1. The Hall–Kier alpha value is -2.26. The van der Waals surface area contributed by atoms with Crippen molar-refractivity contribution in [3.8, 4) is 6.07 Å². The molecule has 26 heavy (non-hydrogen) atoms. The van der Waals surface area contributed by atoms with E-state index >= 15 is 0 Å². The van der Waals surface area contributed by atoms with Gasteiger partial charge in [-0.25, -0.2) is 4.39 Å². The van der Waals surface area contributed by atoms with Crippen molar-refractivity contribution >= 4 is 0 Å². The lowest BCUT2D eigenvalue weighted by molar-refractivity contribution is 0.192. The van der Waals surface area contributed by atoms with Crippen LogP contribution in [0.4, 0.5) is 4.39 Å². The Morgan fingerprint density at radius 1 is 1.15 bits per heavy atom. The van der Waals surface area contributed by atoms with Crippen molar-refractivity contribution in [2.75, 3.05) is 13.1 Å². The summed E-state index contributed by atoms with van der Waals surface area (Å²) in [5.41, 5.74) is 1.11. The van der Waals surface area contributed by atoms with Crippen molar-refractivity contribution < 1.29 is 4.39 Å². The zero-order valence-electron chi connectivity index (χ0n) is 15.0. The Labute approximate surface area is 153 Å². The number of nitrogens with zero attached hydrogens (tertiary/aromatic N) is 5. The van der Waals surface area contributed by atoms with Gasteiger partial charge in [-0.2, -0.15) is 5.26 Å². The molecule has 1 aromatic carbocycles. The van der Waals surface area contributed by atoms with Crippen LogP contribution >= 0.6 is 0 Å². The van der Waals surface area contributed by atoms with Gasteiger partial charge in [-0.05, 0) is 50.4 Å². The van der Waals surface area contributed by atoms with E-state index in [1.54, 1.807) is 6.07 Å². The van der Waals surface area contributed by atoms with Gasteiger partial charge in [0.1, 0.15) is 17.5 Å². The lowest BCUT2D eigenvalue weighted by Gasteiger charge is -2.32. The molecule has 6 heteroatoms. The van der Waals surface area contributed by atoms with Gasteiger partial charge >= 0.3 is 0 Å². The fraction of sp³-hybridized carbons (Fsp3) is 0.550. The van der Waals surface area contributed by atoms with Gasteiger partial charge in [-0.1, -0.05) is 6.42 Å². The van der Waals surface area contributed by atoms with Crippen LogP contribution in [0.25, 0.3) is 0 Å². The van der Waals surface area contributed by atoms with Crippen molar-refractivity contribution in [1.82, 2.24) is 19.7 Å². The molecule has 1 saturated heterocycles. The minimum Gasteiger partial charge on any atom is -0.315 e. The smallest absolute Gasteiger partial charge is 0.137 e. The van der Waals surface area contributed by atoms with Crippen LogP contribution in [-0.2, 0) is 19.5 Å². The summed E-state index contributed by atoms with van der Waals surface area (Å²) in [6.07, 6.45) is 6.86. The van der Waals surface area contributed by atoms with Crippen LogP contribution in [0.2, 0.25) is 0 Å². The van der Waals surface area contributed by atoms with Crippen molar-refractivity contribution in [3.05, 3.63) is 46.8 Å². The second-order valence-corrected chi connectivity index (χ2v) is 7.43. The number of hydrogen-bond donors (Lipinski definition) is 0. The molecule has 0 spiro atoms. The largest absolute Gasteiger partial charge is 0.315 e.